The molecule has 1 aliphatic heterocycles. The number of ether oxygens (including phenoxy) is 1. The minimum absolute atomic E-state index is 0.137. The number of benzene rings is 1. The van der Waals surface area contributed by atoms with Crippen LogP contribution in [0, 0.1) is 6.92 Å². The topological polar surface area (TPSA) is 106 Å². The fraction of sp³-hybridized carbons (Fsp3) is 0.545. The maximum atomic E-state index is 12.9. The summed E-state index contributed by atoms with van der Waals surface area (Å²) in [5, 5.41) is 11.8. The summed E-state index contributed by atoms with van der Waals surface area (Å²) in [7, 11) is 0. The van der Waals surface area contributed by atoms with Crippen molar-refractivity contribution in [1.29, 1.82) is 0 Å². The minimum atomic E-state index is -1.01. The molecule has 0 saturated carbocycles. The third kappa shape index (κ3) is 4.90. The number of nitrogen functional groups attached to an aromatic ring is 1. The van der Waals surface area contributed by atoms with Crippen molar-refractivity contribution in [2.75, 3.05) is 18.8 Å². The van der Waals surface area contributed by atoms with Gasteiger partial charge in [-0.25, -0.2) is 4.79 Å². The van der Waals surface area contributed by atoms with Gasteiger partial charge in [-0.05, 0) is 59.1 Å². The van der Waals surface area contributed by atoms with Gasteiger partial charge in [-0.2, -0.15) is 0 Å². The first-order chi connectivity index (χ1) is 13.9. The molecule has 1 saturated heterocycles. The fourth-order valence-electron chi connectivity index (χ4n) is 3.68. The number of nitrogens with two attached hydrogens (primary N) is 1. The molecule has 1 fully saturated rings. The Bertz CT molecular complexity index is 968. The summed E-state index contributed by atoms with van der Waals surface area (Å²) in [6.07, 6.45) is 0.816. The summed E-state index contributed by atoms with van der Waals surface area (Å²) in [4.78, 5) is 26.7. The predicted octanol–water partition coefficient (Wildman–Crippen LogP) is 4.70. The van der Waals surface area contributed by atoms with Crippen LogP contribution in [0.1, 0.15) is 62.6 Å². The maximum Gasteiger partial charge on any atom is 0.410 e. The van der Waals surface area contributed by atoms with Gasteiger partial charge < -0.3 is 24.9 Å². The molecule has 2 aromatic rings. The normalized spacial score (nSPS) is 16.7. The Hall–Kier alpha value is -2.25. The van der Waals surface area contributed by atoms with Gasteiger partial charge >= 0.3 is 6.09 Å². The number of aliphatic hydroxyl groups is 1. The number of amides is 1. The number of fused-ring (bicyclic) bond motifs is 1. The van der Waals surface area contributed by atoms with Crippen molar-refractivity contribution >= 4 is 40.1 Å². The first-order valence-corrected chi connectivity index (χ1v) is 10.5. The van der Waals surface area contributed by atoms with E-state index in [4.69, 9.17) is 26.5 Å². The van der Waals surface area contributed by atoms with Gasteiger partial charge in [-0.1, -0.05) is 11.6 Å². The third-order valence-corrected chi connectivity index (χ3v) is 5.69. The molecular weight excluding hydrogens is 408 g/mol. The van der Waals surface area contributed by atoms with E-state index in [0.29, 0.717) is 58.9 Å². The molecule has 3 N–H and O–H groups in total. The standard InChI is InChI=1S/C22H29ClN2O5/c1-13-11-15-18(24)16(23)12-14(19(15)29-13)17(26)5-6-22(28)7-9-25(10-8-22)20(27)30-21(2,3)4/h11-12,28H,5-10,24H2,1-4H3. The second kappa shape index (κ2) is 8.12. The molecule has 1 amide bonds. The van der Waals surface area contributed by atoms with Crippen molar-refractivity contribution in [3.63, 3.8) is 0 Å². The van der Waals surface area contributed by atoms with Crippen molar-refractivity contribution < 1.29 is 23.8 Å². The van der Waals surface area contributed by atoms with Gasteiger partial charge in [0.05, 0.1) is 21.9 Å². The van der Waals surface area contributed by atoms with Crippen LogP contribution in [-0.4, -0.2) is 46.2 Å². The van der Waals surface area contributed by atoms with Crippen LogP contribution in [0.15, 0.2) is 16.5 Å². The van der Waals surface area contributed by atoms with Crippen molar-refractivity contribution in [2.45, 2.75) is 64.6 Å². The third-order valence-electron chi connectivity index (χ3n) is 5.38. The number of halogens is 1. The molecule has 0 spiro atoms. The van der Waals surface area contributed by atoms with Crippen LogP contribution in [0.4, 0.5) is 10.5 Å². The number of anilines is 1. The lowest BCUT2D eigenvalue weighted by molar-refractivity contribution is -0.0367. The van der Waals surface area contributed by atoms with Crippen LogP contribution in [0.3, 0.4) is 0 Å². The Labute approximate surface area is 181 Å². The van der Waals surface area contributed by atoms with Gasteiger partial charge in [0.2, 0.25) is 0 Å². The van der Waals surface area contributed by atoms with E-state index in [2.05, 4.69) is 0 Å². The number of furan rings is 1. The maximum absolute atomic E-state index is 12.9. The van der Waals surface area contributed by atoms with Crippen LogP contribution >= 0.6 is 11.6 Å². The van der Waals surface area contributed by atoms with Crippen LogP contribution in [0.25, 0.3) is 11.0 Å². The van der Waals surface area contributed by atoms with Gasteiger partial charge in [0.15, 0.2) is 5.78 Å². The van der Waals surface area contributed by atoms with Gasteiger partial charge in [0.1, 0.15) is 16.9 Å². The molecule has 0 unspecified atom stereocenters. The summed E-state index contributed by atoms with van der Waals surface area (Å²) < 4.78 is 11.1. The SMILES string of the molecule is Cc1cc2c(N)c(Cl)cc(C(=O)CCC3(O)CCN(C(=O)OC(C)(C)C)CC3)c2o1. The summed E-state index contributed by atoms with van der Waals surface area (Å²) in [6, 6.07) is 3.28. The Morgan fingerprint density at radius 2 is 1.93 bits per heavy atom. The van der Waals surface area contributed by atoms with Crippen molar-refractivity contribution in [3.8, 4) is 0 Å². The number of carbonyl (C=O) groups excluding carboxylic acids is 2. The van der Waals surface area contributed by atoms with E-state index in [1.54, 1.807) is 17.9 Å². The van der Waals surface area contributed by atoms with Crippen LogP contribution in [0.2, 0.25) is 5.02 Å². The van der Waals surface area contributed by atoms with E-state index >= 15 is 0 Å². The van der Waals surface area contributed by atoms with Gasteiger partial charge in [0.25, 0.3) is 0 Å². The number of hydrogen-bond acceptors (Lipinski definition) is 6. The van der Waals surface area contributed by atoms with Gasteiger partial charge in [-0.3, -0.25) is 4.79 Å². The molecule has 8 heteroatoms. The van der Waals surface area contributed by atoms with E-state index in [-0.39, 0.29) is 24.7 Å². The Kier molecular flexibility index (Phi) is 6.07. The first kappa shape index (κ1) is 22.4. The molecule has 2 heterocycles. The number of ketones is 1. The smallest absolute Gasteiger partial charge is 0.410 e. The quantitative estimate of drug-likeness (QED) is 0.531. The summed E-state index contributed by atoms with van der Waals surface area (Å²) in [5.74, 6) is 0.473. The zero-order valence-corrected chi connectivity index (χ0v) is 18.6. The molecule has 1 aliphatic rings. The summed E-state index contributed by atoms with van der Waals surface area (Å²) in [5.41, 5.74) is 5.60. The monoisotopic (exact) mass is 436 g/mol. The molecule has 0 radical (unpaired) electrons. The minimum Gasteiger partial charge on any atom is -0.461 e. The lowest BCUT2D eigenvalue weighted by Crippen LogP contribution is -2.48. The number of carbonyl (C=O) groups is 2. The van der Waals surface area contributed by atoms with Gasteiger partial charge in [-0.15, -0.1) is 0 Å². The first-order valence-electron chi connectivity index (χ1n) is 10.1. The molecule has 30 heavy (non-hydrogen) atoms. The zero-order chi connectivity index (χ0) is 22.3. The Morgan fingerprint density at radius 1 is 1.30 bits per heavy atom. The Morgan fingerprint density at radius 3 is 2.53 bits per heavy atom. The highest BCUT2D eigenvalue weighted by Crippen LogP contribution is 2.35. The highest BCUT2D eigenvalue weighted by molar-refractivity contribution is 6.35. The lowest BCUT2D eigenvalue weighted by Gasteiger charge is -2.38. The largest absolute Gasteiger partial charge is 0.461 e. The van der Waals surface area contributed by atoms with E-state index in [9.17, 15) is 14.7 Å². The molecule has 1 aromatic heterocycles. The van der Waals surface area contributed by atoms with Crippen LogP contribution < -0.4 is 5.73 Å². The van der Waals surface area contributed by atoms with Crippen molar-refractivity contribution in [1.82, 2.24) is 4.90 Å². The molecule has 0 bridgehead atoms. The number of likely N-dealkylation sites (tertiary alicyclic amines) is 1. The molecule has 7 nitrogen and oxygen atoms in total. The number of nitrogens with zero attached hydrogens (tertiary/aromatic N) is 1. The number of rotatable bonds is 4. The predicted molar refractivity (Wildman–Crippen MR) is 116 cm³/mol. The van der Waals surface area contributed by atoms with Crippen LogP contribution in [0.5, 0.6) is 0 Å². The fourth-order valence-corrected chi connectivity index (χ4v) is 3.89. The van der Waals surface area contributed by atoms with Crippen molar-refractivity contribution in [3.05, 3.63) is 28.5 Å². The average molecular weight is 437 g/mol. The molecule has 3 rings (SSSR count). The highest BCUT2D eigenvalue weighted by atomic mass is 35.5. The van der Waals surface area contributed by atoms with E-state index in [1.165, 1.54) is 6.07 Å². The molecule has 1 aromatic carbocycles. The molecule has 164 valence electrons. The highest BCUT2D eigenvalue weighted by Gasteiger charge is 2.36. The number of Topliss-reactive ketones (excluding diaryl/α,β-unsaturated/α-hetero) is 1. The Balaban J connectivity index is 1.64. The molecular formula is C22H29ClN2O5. The van der Waals surface area contributed by atoms with Crippen molar-refractivity contribution in [2.24, 2.45) is 0 Å². The second-order valence-corrected chi connectivity index (χ2v) is 9.44. The van der Waals surface area contributed by atoms with Crippen LogP contribution in [-0.2, 0) is 4.74 Å². The second-order valence-electron chi connectivity index (χ2n) is 9.03. The van der Waals surface area contributed by atoms with E-state index < -0.39 is 11.2 Å². The molecule has 0 atom stereocenters. The average Bonchev–Trinajstić information content (AvgIpc) is 3.04. The lowest BCUT2D eigenvalue weighted by atomic mass is 9.85. The summed E-state index contributed by atoms with van der Waals surface area (Å²) >= 11 is 6.20. The summed E-state index contributed by atoms with van der Waals surface area (Å²) in [6.45, 7) is 8.00. The zero-order valence-electron chi connectivity index (χ0n) is 17.9. The van der Waals surface area contributed by atoms with Gasteiger partial charge in [0, 0.05) is 24.9 Å². The molecule has 0 aliphatic carbocycles. The number of piperidine rings is 1. The van der Waals surface area contributed by atoms with E-state index in [0.717, 1.165) is 0 Å². The number of hydrogen-bond donors (Lipinski definition) is 2. The number of aryl methyl sites for hydroxylation is 1. The van der Waals surface area contributed by atoms with E-state index in [1.807, 2.05) is 20.8 Å².